The van der Waals surface area contributed by atoms with Crippen LogP contribution in [0.1, 0.15) is 0 Å². The van der Waals surface area contributed by atoms with Crippen molar-refractivity contribution in [2.75, 3.05) is 13.1 Å². The van der Waals surface area contributed by atoms with Gasteiger partial charge >= 0.3 is 0 Å². The van der Waals surface area contributed by atoms with Crippen LogP contribution in [-0.4, -0.2) is 25.8 Å². The van der Waals surface area contributed by atoms with Crippen molar-refractivity contribution in [3.8, 4) is 0 Å². The van der Waals surface area contributed by atoms with Crippen molar-refractivity contribution in [2.24, 2.45) is 0 Å². The summed E-state index contributed by atoms with van der Waals surface area (Å²) in [5.41, 5.74) is 0. The van der Waals surface area contributed by atoms with Gasteiger partial charge in [0.2, 0.25) is 0 Å². The molecule has 88 valence electrons. The molecule has 0 aliphatic carbocycles. The highest BCUT2D eigenvalue weighted by Gasteiger charge is 2.23. The molecule has 0 amide bonds. The molecule has 0 aliphatic rings. The van der Waals surface area contributed by atoms with Gasteiger partial charge in [0.25, 0.3) is 10.0 Å². The quantitative estimate of drug-likeness (QED) is 0.755. The van der Waals surface area contributed by atoms with Crippen molar-refractivity contribution < 1.29 is 8.42 Å². The van der Waals surface area contributed by atoms with Crippen LogP contribution >= 0.6 is 27.3 Å². The summed E-state index contributed by atoms with van der Waals surface area (Å²) in [6.07, 6.45) is 3.12. The highest BCUT2D eigenvalue weighted by Crippen LogP contribution is 2.28. The van der Waals surface area contributed by atoms with Gasteiger partial charge in [0.05, 0.1) is 3.79 Å². The predicted molar refractivity (Wildman–Crippen MR) is 71.2 cm³/mol. The molecular formula is C10H12BrNO2S2. The van der Waals surface area contributed by atoms with Crippen LogP contribution < -0.4 is 0 Å². The van der Waals surface area contributed by atoms with Crippen molar-refractivity contribution in [3.05, 3.63) is 41.2 Å². The summed E-state index contributed by atoms with van der Waals surface area (Å²) in [7, 11) is -3.43. The van der Waals surface area contributed by atoms with E-state index >= 15 is 0 Å². The number of rotatable bonds is 6. The number of hydrogen-bond acceptors (Lipinski definition) is 3. The van der Waals surface area contributed by atoms with E-state index in [9.17, 15) is 8.42 Å². The Hall–Kier alpha value is -0.430. The molecule has 0 aliphatic heterocycles. The monoisotopic (exact) mass is 321 g/mol. The van der Waals surface area contributed by atoms with E-state index in [1.807, 2.05) is 0 Å². The second-order valence-electron chi connectivity index (χ2n) is 2.96. The Balaban J connectivity index is 3.06. The smallest absolute Gasteiger partial charge is 0.206 e. The highest BCUT2D eigenvalue weighted by molar-refractivity contribution is 9.11. The van der Waals surface area contributed by atoms with Gasteiger partial charge in [0, 0.05) is 13.1 Å². The third-order valence-electron chi connectivity index (χ3n) is 1.81. The molecule has 0 bridgehead atoms. The molecule has 0 atom stereocenters. The summed E-state index contributed by atoms with van der Waals surface area (Å²) < 4.78 is 26.7. The maximum absolute atomic E-state index is 12.1. The largest absolute Gasteiger partial charge is 0.253 e. The predicted octanol–water partition coefficient (Wildman–Crippen LogP) is 2.87. The van der Waals surface area contributed by atoms with E-state index in [0.29, 0.717) is 4.21 Å². The Bertz CT molecular complexity index is 469. The summed E-state index contributed by atoms with van der Waals surface area (Å²) >= 11 is 4.44. The molecule has 16 heavy (non-hydrogen) atoms. The first-order valence-corrected chi connectivity index (χ1v) is 7.54. The summed E-state index contributed by atoms with van der Waals surface area (Å²) in [5, 5.41) is 0. The van der Waals surface area contributed by atoms with Crippen LogP contribution in [0.2, 0.25) is 0 Å². The fourth-order valence-corrected chi connectivity index (χ4v) is 4.67. The summed E-state index contributed by atoms with van der Waals surface area (Å²) in [4.78, 5) is 0. The molecular weight excluding hydrogens is 310 g/mol. The average molecular weight is 322 g/mol. The third-order valence-corrected chi connectivity index (χ3v) is 5.73. The first-order valence-electron chi connectivity index (χ1n) is 4.49. The second kappa shape index (κ2) is 5.77. The van der Waals surface area contributed by atoms with Crippen LogP contribution in [0, 0.1) is 0 Å². The minimum atomic E-state index is -3.43. The fourth-order valence-electron chi connectivity index (χ4n) is 1.12. The molecule has 0 saturated heterocycles. The van der Waals surface area contributed by atoms with Gasteiger partial charge < -0.3 is 0 Å². The van der Waals surface area contributed by atoms with Gasteiger partial charge in [-0.1, -0.05) is 12.2 Å². The second-order valence-corrected chi connectivity index (χ2v) is 7.59. The van der Waals surface area contributed by atoms with Crippen molar-refractivity contribution in [3.63, 3.8) is 0 Å². The summed E-state index contributed by atoms with van der Waals surface area (Å²) in [5.74, 6) is 0. The van der Waals surface area contributed by atoms with Gasteiger partial charge in [-0.15, -0.1) is 24.5 Å². The molecule has 1 heterocycles. The van der Waals surface area contributed by atoms with Crippen molar-refractivity contribution in [1.82, 2.24) is 4.31 Å². The van der Waals surface area contributed by atoms with Crippen molar-refractivity contribution in [1.29, 1.82) is 0 Å². The zero-order valence-corrected chi connectivity index (χ0v) is 11.8. The van der Waals surface area contributed by atoms with Gasteiger partial charge in [-0.2, -0.15) is 4.31 Å². The lowest BCUT2D eigenvalue weighted by atomic mass is 10.5. The lowest BCUT2D eigenvalue weighted by molar-refractivity contribution is 0.476. The van der Waals surface area contributed by atoms with Gasteiger partial charge in [-0.05, 0) is 28.1 Å². The molecule has 6 heteroatoms. The van der Waals surface area contributed by atoms with Crippen molar-refractivity contribution in [2.45, 2.75) is 4.21 Å². The van der Waals surface area contributed by atoms with E-state index in [4.69, 9.17) is 0 Å². The first-order chi connectivity index (χ1) is 7.52. The molecule has 0 unspecified atom stereocenters. The van der Waals surface area contributed by atoms with E-state index in [1.54, 1.807) is 24.3 Å². The van der Waals surface area contributed by atoms with Gasteiger partial charge in [0.15, 0.2) is 0 Å². The molecule has 0 saturated carbocycles. The average Bonchev–Trinajstić information content (AvgIpc) is 2.65. The minimum Gasteiger partial charge on any atom is -0.206 e. The number of sulfonamides is 1. The normalized spacial score (nSPS) is 11.6. The Morgan fingerprint density at radius 1 is 1.31 bits per heavy atom. The maximum atomic E-state index is 12.1. The SMILES string of the molecule is C=CCN(CC=C)S(=O)(=O)c1ccc(Br)s1. The van der Waals surface area contributed by atoms with Crippen molar-refractivity contribution >= 4 is 37.3 Å². The topological polar surface area (TPSA) is 37.4 Å². The van der Waals surface area contributed by atoms with Gasteiger partial charge in [-0.3, -0.25) is 0 Å². The number of nitrogens with zero attached hydrogens (tertiary/aromatic N) is 1. The molecule has 0 fully saturated rings. The fraction of sp³-hybridized carbons (Fsp3) is 0.200. The number of hydrogen-bond donors (Lipinski definition) is 0. The standard InChI is InChI=1S/C10H12BrNO2S2/c1-3-7-12(8-4-2)16(13,14)10-6-5-9(11)15-10/h3-6H,1-2,7-8H2. The van der Waals surface area contributed by atoms with Crippen LogP contribution in [-0.2, 0) is 10.0 Å². The van der Waals surface area contributed by atoms with Crippen LogP contribution in [0.4, 0.5) is 0 Å². The number of halogens is 1. The molecule has 0 spiro atoms. The Morgan fingerprint density at radius 3 is 2.25 bits per heavy atom. The van der Waals surface area contributed by atoms with E-state index in [1.165, 1.54) is 15.6 Å². The molecule has 3 nitrogen and oxygen atoms in total. The maximum Gasteiger partial charge on any atom is 0.253 e. The van der Waals surface area contributed by atoms with Crippen LogP contribution in [0.15, 0.2) is 45.4 Å². The highest BCUT2D eigenvalue weighted by atomic mass is 79.9. The zero-order valence-electron chi connectivity index (χ0n) is 8.60. The molecule has 0 radical (unpaired) electrons. The lowest BCUT2D eigenvalue weighted by Crippen LogP contribution is -2.30. The molecule has 1 aromatic heterocycles. The Labute approximate surface area is 108 Å². The Morgan fingerprint density at radius 2 is 1.88 bits per heavy atom. The molecule has 1 rings (SSSR count). The Kier molecular flexibility index (Phi) is 4.91. The van der Waals surface area contributed by atoms with E-state index in [0.717, 1.165) is 3.79 Å². The number of thiophene rings is 1. The van der Waals surface area contributed by atoms with Crippen LogP contribution in [0.25, 0.3) is 0 Å². The third kappa shape index (κ3) is 3.04. The summed E-state index contributed by atoms with van der Waals surface area (Å²) in [6.45, 7) is 7.66. The van der Waals surface area contributed by atoms with Gasteiger partial charge in [0.1, 0.15) is 4.21 Å². The molecule has 1 aromatic rings. The van der Waals surface area contributed by atoms with E-state index < -0.39 is 10.0 Å². The molecule has 0 aromatic carbocycles. The van der Waals surface area contributed by atoms with E-state index in [-0.39, 0.29) is 13.1 Å². The molecule has 0 N–H and O–H groups in total. The first kappa shape index (κ1) is 13.6. The summed E-state index contributed by atoms with van der Waals surface area (Å²) in [6, 6.07) is 3.31. The van der Waals surface area contributed by atoms with Gasteiger partial charge in [-0.25, -0.2) is 8.42 Å². The lowest BCUT2D eigenvalue weighted by Gasteiger charge is -2.17. The minimum absolute atomic E-state index is 0.282. The van der Waals surface area contributed by atoms with E-state index in [2.05, 4.69) is 29.1 Å². The van der Waals surface area contributed by atoms with Crippen LogP contribution in [0.5, 0.6) is 0 Å². The zero-order chi connectivity index (χ0) is 12.2. The van der Waals surface area contributed by atoms with Crippen LogP contribution in [0.3, 0.4) is 0 Å².